The molecule has 0 saturated heterocycles. The fraction of sp³-hybridized carbons (Fsp3) is 0.562. The van der Waals surface area contributed by atoms with Gasteiger partial charge in [0.05, 0.1) is 22.3 Å². The minimum Gasteiger partial charge on any atom is -0.313 e. The molecule has 116 valence electrons. The van der Waals surface area contributed by atoms with Gasteiger partial charge in [0, 0.05) is 12.6 Å². The molecule has 0 bridgehead atoms. The summed E-state index contributed by atoms with van der Waals surface area (Å²) in [7, 11) is -3.28. The summed E-state index contributed by atoms with van der Waals surface area (Å²) in [6.07, 6.45) is 4.66. The highest BCUT2D eigenvalue weighted by Crippen LogP contribution is 2.12. The van der Waals surface area contributed by atoms with Gasteiger partial charge in [-0.1, -0.05) is 26.2 Å². The molecule has 0 radical (unpaired) electrons. The number of nitrogens with zero attached hydrogens (tertiary/aromatic N) is 1. The summed E-state index contributed by atoms with van der Waals surface area (Å²) in [5.41, 5.74) is 0.469. The molecular formula is C16H24N2O2S. The first-order chi connectivity index (χ1) is 9.99. The van der Waals surface area contributed by atoms with E-state index in [-0.39, 0.29) is 10.6 Å². The van der Waals surface area contributed by atoms with Gasteiger partial charge in [0.1, 0.15) is 0 Å². The number of sulfone groups is 1. The van der Waals surface area contributed by atoms with Gasteiger partial charge in [-0.25, -0.2) is 8.42 Å². The molecular weight excluding hydrogens is 284 g/mol. The molecule has 0 aliphatic rings. The molecule has 0 aliphatic carbocycles. The minimum atomic E-state index is -3.28. The Kier molecular flexibility index (Phi) is 7.41. The Morgan fingerprint density at radius 3 is 2.48 bits per heavy atom. The first-order valence-electron chi connectivity index (χ1n) is 7.46. The highest BCUT2D eigenvalue weighted by Gasteiger charge is 2.14. The summed E-state index contributed by atoms with van der Waals surface area (Å²) in [6, 6.07) is 8.39. The predicted octanol–water partition coefficient (Wildman–Crippen LogP) is 2.89. The van der Waals surface area contributed by atoms with Crippen LogP contribution in [0.5, 0.6) is 0 Å². The SMILES string of the molecule is CCCCCC(C)NCCS(=O)(=O)c1ccc(C#N)cc1. The van der Waals surface area contributed by atoms with Crippen molar-refractivity contribution < 1.29 is 8.42 Å². The molecule has 0 saturated carbocycles. The third-order valence-electron chi connectivity index (χ3n) is 3.45. The van der Waals surface area contributed by atoms with Gasteiger partial charge in [-0.15, -0.1) is 0 Å². The van der Waals surface area contributed by atoms with Gasteiger partial charge in [0.2, 0.25) is 0 Å². The summed E-state index contributed by atoms with van der Waals surface area (Å²) < 4.78 is 24.3. The van der Waals surface area contributed by atoms with E-state index in [0.717, 1.165) is 6.42 Å². The van der Waals surface area contributed by atoms with Crippen LogP contribution in [-0.2, 0) is 9.84 Å². The molecule has 1 unspecified atom stereocenters. The lowest BCUT2D eigenvalue weighted by molar-refractivity contribution is 0.498. The zero-order valence-corrected chi connectivity index (χ0v) is 13.6. The molecule has 1 aromatic rings. The normalized spacial score (nSPS) is 12.8. The summed E-state index contributed by atoms with van der Waals surface area (Å²) in [4.78, 5) is 0.280. The fourth-order valence-corrected chi connectivity index (χ4v) is 3.27. The number of hydrogen-bond acceptors (Lipinski definition) is 4. The summed E-state index contributed by atoms with van der Waals surface area (Å²) in [5, 5.41) is 12.0. The first-order valence-corrected chi connectivity index (χ1v) is 9.11. The molecule has 0 aromatic heterocycles. The number of hydrogen-bond donors (Lipinski definition) is 1. The van der Waals surface area contributed by atoms with E-state index in [1.165, 1.54) is 43.5 Å². The van der Waals surface area contributed by atoms with Crippen molar-refractivity contribution >= 4 is 9.84 Å². The zero-order chi connectivity index (χ0) is 15.7. The number of unbranched alkanes of at least 4 members (excludes halogenated alkanes) is 2. The number of nitriles is 1. The summed E-state index contributed by atoms with van der Waals surface area (Å²) >= 11 is 0. The van der Waals surface area contributed by atoms with Crippen LogP contribution in [0.25, 0.3) is 0 Å². The third kappa shape index (κ3) is 6.28. The van der Waals surface area contributed by atoms with Crippen molar-refractivity contribution in [3.05, 3.63) is 29.8 Å². The van der Waals surface area contributed by atoms with E-state index in [4.69, 9.17) is 5.26 Å². The van der Waals surface area contributed by atoms with Crippen LogP contribution in [0.1, 0.15) is 45.1 Å². The Bertz CT molecular complexity index is 559. The van der Waals surface area contributed by atoms with Crippen molar-refractivity contribution in [1.29, 1.82) is 5.26 Å². The van der Waals surface area contributed by atoms with Crippen LogP contribution >= 0.6 is 0 Å². The van der Waals surface area contributed by atoms with E-state index in [0.29, 0.717) is 18.2 Å². The lowest BCUT2D eigenvalue weighted by Crippen LogP contribution is -2.31. The van der Waals surface area contributed by atoms with E-state index in [1.54, 1.807) is 0 Å². The summed E-state index contributed by atoms with van der Waals surface area (Å²) in [5.74, 6) is 0.0804. The molecule has 0 aliphatic heterocycles. The molecule has 1 aromatic carbocycles. The van der Waals surface area contributed by atoms with Crippen LogP contribution < -0.4 is 5.32 Å². The van der Waals surface area contributed by atoms with Crippen LogP contribution in [0.4, 0.5) is 0 Å². The molecule has 5 heteroatoms. The maximum absolute atomic E-state index is 12.2. The Morgan fingerprint density at radius 2 is 1.90 bits per heavy atom. The van der Waals surface area contributed by atoms with Crippen LogP contribution in [0.2, 0.25) is 0 Å². The van der Waals surface area contributed by atoms with Gasteiger partial charge < -0.3 is 5.32 Å². The topological polar surface area (TPSA) is 70.0 Å². The summed E-state index contributed by atoms with van der Waals surface area (Å²) in [6.45, 7) is 4.71. The van der Waals surface area contributed by atoms with Gasteiger partial charge in [-0.05, 0) is 37.6 Å². The van der Waals surface area contributed by atoms with Crippen LogP contribution in [0.3, 0.4) is 0 Å². The number of nitrogens with one attached hydrogen (secondary N) is 1. The van der Waals surface area contributed by atoms with Crippen LogP contribution in [0, 0.1) is 11.3 Å². The van der Waals surface area contributed by atoms with Gasteiger partial charge in [0.25, 0.3) is 0 Å². The van der Waals surface area contributed by atoms with Crippen molar-refractivity contribution in [1.82, 2.24) is 5.32 Å². The second-order valence-corrected chi connectivity index (χ2v) is 7.42. The third-order valence-corrected chi connectivity index (χ3v) is 5.18. The standard InChI is InChI=1S/C16H24N2O2S/c1-3-4-5-6-14(2)18-11-12-21(19,20)16-9-7-15(13-17)8-10-16/h7-10,14,18H,3-6,11-12H2,1-2H3. The Labute approximate surface area is 128 Å². The molecule has 21 heavy (non-hydrogen) atoms. The van der Waals surface area contributed by atoms with Crippen LogP contribution in [-0.4, -0.2) is 26.8 Å². The lowest BCUT2D eigenvalue weighted by atomic mass is 10.1. The van der Waals surface area contributed by atoms with E-state index in [1.807, 2.05) is 6.07 Å². The van der Waals surface area contributed by atoms with Gasteiger partial charge in [-0.3, -0.25) is 0 Å². The molecule has 0 heterocycles. The largest absolute Gasteiger partial charge is 0.313 e. The monoisotopic (exact) mass is 308 g/mol. The maximum Gasteiger partial charge on any atom is 0.179 e. The highest BCUT2D eigenvalue weighted by atomic mass is 32.2. The average Bonchev–Trinajstić information content (AvgIpc) is 2.47. The van der Waals surface area contributed by atoms with Crippen molar-refractivity contribution in [2.75, 3.05) is 12.3 Å². The smallest absolute Gasteiger partial charge is 0.179 e. The van der Waals surface area contributed by atoms with E-state index >= 15 is 0 Å². The van der Waals surface area contributed by atoms with Crippen LogP contribution in [0.15, 0.2) is 29.2 Å². The highest BCUT2D eigenvalue weighted by molar-refractivity contribution is 7.91. The lowest BCUT2D eigenvalue weighted by Gasteiger charge is -2.13. The first kappa shape index (κ1) is 17.7. The van der Waals surface area contributed by atoms with Gasteiger partial charge in [0.15, 0.2) is 9.84 Å². The van der Waals surface area contributed by atoms with E-state index in [9.17, 15) is 8.42 Å². The number of benzene rings is 1. The quantitative estimate of drug-likeness (QED) is 0.712. The van der Waals surface area contributed by atoms with Gasteiger partial charge in [-0.2, -0.15) is 5.26 Å². The Hall–Kier alpha value is -1.38. The Morgan fingerprint density at radius 1 is 1.24 bits per heavy atom. The maximum atomic E-state index is 12.2. The predicted molar refractivity (Wildman–Crippen MR) is 84.8 cm³/mol. The second-order valence-electron chi connectivity index (χ2n) is 5.31. The van der Waals surface area contributed by atoms with E-state index in [2.05, 4.69) is 19.2 Å². The molecule has 0 spiro atoms. The molecule has 1 N–H and O–H groups in total. The van der Waals surface area contributed by atoms with Crippen molar-refractivity contribution in [3.63, 3.8) is 0 Å². The Balaban J connectivity index is 2.44. The van der Waals surface area contributed by atoms with Crippen molar-refractivity contribution in [2.24, 2.45) is 0 Å². The molecule has 0 fully saturated rings. The number of rotatable bonds is 9. The van der Waals surface area contributed by atoms with Gasteiger partial charge >= 0.3 is 0 Å². The second kappa shape index (κ2) is 8.81. The fourth-order valence-electron chi connectivity index (χ4n) is 2.10. The molecule has 1 rings (SSSR count). The van der Waals surface area contributed by atoms with E-state index < -0.39 is 9.84 Å². The minimum absolute atomic E-state index is 0.0804. The molecule has 1 atom stereocenters. The average molecular weight is 308 g/mol. The molecule has 0 amide bonds. The zero-order valence-electron chi connectivity index (χ0n) is 12.8. The van der Waals surface area contributed by atoms with Crippen molar-refractivity contribution in [2.45, 2.75) is 50.5 Å². The van der Waals surface area contributed by atoms with Crippen molar-refractivity contribution in [3.8, 4) is 6.07 Å². The molecule has 4 nitrogen and oxygen atoms in total.